The topological polar surface area (TPSA) is 73.9 Å². The number of hydrogen-bond acceptors (Lipinski definition) is 4. The smallest absolute Gasteiger partial charge is 0.317 e. The second kappa shape index (κ2) is 11.4. The summed E-state index contributed by atoms with van der Waals surface area (Å²) in [6.07, 6.45) is 1.61. The zero-order valence-electron chi connectivity index (χ0n) is 15.9. The van der Waals surface area contributed by atoms with Gasteiger partial charge in [0.05, 0.1) is 13.2 Å². The molecule has 0 saturated carbocycles. The molecule has 1 aliphatic rings. The van der Waals surface area contributed by atoms with Crippen molar-refractivity contribution in [2.24, 2.45) is 0 Å². The molecule has 2 N–H and O–H groups in total. The number of unbranched alkanes of at least 4 members (excludes halogenated alkanes) is 1. The maximum atomic E-state index is 12.8. The van der Waals surface area contributed by atoms with Crippen molar-refractivity contribution in [3.8, 4) is 5.75 Å². The van der Waals surface area contributed by atoms with Crippen LogP contribution in [-0.4, -0.2) is 74.2 Å². The van der Waals surface area contributed by atoms with E-state index in [1.807, 2.05) is 6.92 Å². The Morgan fingerprint density at radius 2 is 1.78 bits per heavy atom. The number of urea groups is 1. The van der Waals surface area contributed by atoms with Gasteiger partial charge >= 0.3 is 6.03 Å². The molecule has 0 bridgehead atoms. The van der Waals surface area contributed by atoms with Crippen LogP contribution in [0.5, 0.6) is 5.75 Å². The maximum absolute atomic E-state index is 12.8. The van der Waals surface area contributed by atoms with Gasteiger partial charge in [0, 0.05) is 39.3 Å². The Bertz CT molecular complexity index is 589. The first-order chi connectivity index (χ1) is 13.1. The van der Waals surface area contributed by atoms with Crippen LogP contribution < -0.4 is 15.4 Å². The quantitative estimate of drug-likeness (QED) is 0.636. The summed E-state index contributed by atoms with van der Waals surface area (Å²) in [7, 11) is 0. The molecule has 0 radical (unpaired) electrons. The second-order valence-corrected chi connectivity index (χ2v) is 6.46. The predicted octanol–water partition coefficient (Wildman–Crippen LogP) is 1.45. The highest BCUT2D eigenvalue weighted by atomic mass is 19.1. The monoisotopic (exact) mass is 380 g/mol. The summed E-state index contributed by atoms with van der Waals surface area (Å²) in [5.41, 5.74) is 0. The van der Waals surface area contributed by atoms with E-state index in [0.29, 0.717) is 58.2 Å². The molecule has 8 heteroatoms. The average molecular weight is 380 g/mol. The number of carbonyl (C=O) groups excluding carboxylic acids is 2. The van der Waals surface area contributed by atoms with Crippen molar-refractivity contribution in [3.63, 3.8) is 0 Å². The normalized spacial score (nSPS) is 14.7. The van der Waals surface area contributed by atoms with Gasteiger partial charge in [-0.2, -0.15) is 0 Å². The second-order valence-electron chi connectivity index (χ2n) is 6.46. The lowest BCUT2D eigenvalue weighted by Crippen LogP contribution is -2.53. The number of halogens is 1. The fourth-order valence-electron chi connectivity index (χ4n) is 2.82. The summed E-state index contributed by atoms with van der Waals surface area (Å²) in [6.45, 7) is 6.69. The zero-order valence-corrected chi connectivity index (χ0v) is 15.9. The van der Waals surface area contributed by atoms with Crippen LogP contribution in [-0.2, 0) is 4.79 Å². The van der Waals surface area contributed by atoms with Gasteiger partial charge < -0.3 is 20.3 Å². The first kappa shape index (κ1) is 21.0. The van der Waals surface area contributed by atoms with Gasteiger partial charge in [-0.15, -0.1) is 0 Å². The fourth-order valence-corrected chi connectivity index (χ4v) is 2.82. The van der Waals surface area contributed by atoms with Gasteiger partial charge in [-0.05, 0) is 44.0 Å². The highest BCUT2D eigenvalue weighted by molar-refractivity contribution is 5.78. The number of likely N-dealkylation sites (N-methyl/N-ethyl adjacent to an activating group) is 1. The van der Waals surface area contributed by atoms with Crippen LogP contribution in [0.2, 0.25) is 0 Å². The number of ether oxygens (including phenoxy) is 1. The molecular weight excluding hydrogens is 351 g/mol. The van der Waals surface area contributed by atoms with Crippen molar-refractivity contribution in [2.45, 2.75) is 19.8 Å². The van der Waals surface area contributed by atoms with E-state index in [0.717, 1.165) is 12.8 Å². The molecule has 0 spiro atoms. The molecule has 3 amide bonds. The molecule has 1 aromatic carbocycles. The largest absolute Gasteiger partial charge is 0.494 e. The van der Waals surface area contributed by atoms with E-state index >= 15 is 0 Å². The summed E-state index contributed by atoms with van der Waals surface area (Å²) in [4.78, 5) is 27.6. The van der Waals surface area contributed by atoms with Gasteiger partial charge in [-0.1, -0.05) is 0 Å². The Kier molecular flexibility index (Phi) is 8.83. The number of benzene rings is 1. The van der Waals surface area contributed by atoms with Gasteiger partial charge in [0.25, 0.3) is 0 Å². The van der Waals surface area contributed by atoms with Gasteiger partial charge in [0.2, 0.25) is 5.91 Å². The lowest BCUT2D eigenvalue weighted by atomic mass is 10.3. The SMILES string of the molecule is CCNC(=O)CN1CCN(C(=O)NCCCCOc2ccc(F)cc2)CC1. The number of nitrogens with zero attached hydrogens (tertiary/aromatic N) is 2. The Balaban J connectivity index is 1.52. The molecule has 1 aliphatic heterocycles. The van der Waals surface area contributed by atoms with Gasteiger partial charge in [-0.3, -0.25) is 9.69 Å². The maximum Gasteiger partial charge on any atom is 0.317 e. The minimum Gasteiger partial charge on any atom is -0.494 e. The van der Waals surface area contributed by atoms with Crippen molar-refractivity contribution in [1.29, 1.82) is 0 Å². The number of amides is 3. The molecule has 1 fully saturated rings. The Labute approximate surface area is 159 Å². The molecule has 1 saturated heterocycles. The molecule has 1 aromatic rings. The van der Waals surface area contributed by atoms with Crippen molar-refractivity contribution < 1.29 is 18.7 Å². The number of rotatable bonds is 9. The van der Waals surface area contributed by atoms with Crippen LogP contribution in [0.4, 0.5) is 9.18 Å². The summed E-state index contributed by atoms with van der Waals surface area (Å²) < 4.78 is 18.3. The van der Waals surface area contributed by atoms with Crippen molar-refractivity contribution in [2.75, 3.05) is 52.4 Å². The van der Waals surface area contributed by atoms with Crippen LogP contribution in [0.1, 0.15) is 19.8 Å². The average Bonchev–Trinajstić information content (AvgIpc) is 2.66. The third kappa shape index (κ3) is 7.82. The van der Waals surface area contributed by atoms with Crippen LogP contribution in [0.3, 0.4) is 0 Å². The third-order valence-electron chi connectivity index (χ3n) is 4.33. The van der Waals surface area contributed by atoms with Gasteiger partial charge in [0.15, 0.2) is 0 Å². The lowest BCUT2D eigenvalue weighted by molar-refractivity contribution is -0.122. The highest BCUT2D eigenvalue weighted by Gasteiger charge is 2.21. The van der Waals surface area contributed by atoms with E-state index in [2.05, 4.69) is 15.5 Å². The summed E-state index contributed by atoms with van der Waals surface area (Å²) in [6, 6.07) is 5.87. The van der Waals surface area contributed by atoms with Crippen molar-refractivity contribution in [1.82, 2.24) is 20.4 Å². The molecule has 0 unspecified atom stereocenters. The first-order valence-electron chi connectivity index (χ1n) is 9.48. The fraction of sp³-hybridized carbons (Fsp3) is 0.579. The molecular formula is C19H29FN4O3. The van der Waals surface area contributed by atoms with E-state index in [9.17, 15) is 14.0 Å². The third-order valence-corrected chi connectivity index (χ3v) is 4.33. The molecule has 2 rings (SSSR count). The standard InChI is InChI=1S/C19H29FN4O3/c1-2-21-18(25)15-23-10-12-24(13-11-23)19(26)22-9-3-4-14-27-17-7-5-16(20)6-8-17/h5-8H,2-4,9-15H2,1H3,(H,21,25)(H,22,26). The molecule has 0 aromatic heterocycles. The van der Waals surface area contributed by atoms with E-state index in [1.165, 1.54) is 12.1 Å². The van der Waals surface area contributed by atoms with Gasteiger partial charge in [0.1, 0.15) is 11.6 Å². The van der Waals surface area contributed by atoms with E-state index in [4.69, 9.17) is 4.74 Å². The molecule has 7 nitrogen and oxygen atoms in total. The Morgan fingerprint density at radius 1 is 1.07 bits per heavy atom. The molecule has 0 aliphatic carbocycles. The minimum atomic E-state index is -0.282. The first-order valence-corrected chi connectivity index (χ1v) is 9.48. The minimum absolute atomic E-state index is 0.0262. The highest BCUT2D eigenvalue weighted by Crippen LogP contribution is 2.11. The Hall–Kier alpha value is -2.35. The summed E-state index contributed by atoms with van der Waals surface area (Å²) in [5.74, 6) is 0.388. The van der Waals surface area contributed by atoms with Crippen molar-refractivity contribution in [3.05, 3.63) is 30.1 Å². The van der Waals surface area contributed by atoms with Crippen LogP contribution >= 0.6 is 0 Å². The lowest BCUT2D eigenvalue weighted by Gasteiger charge is -2.34. The van der Waals surface area contributed by atoms with E-state index in [1.54, 1.807) is 17.0 Å². The number of carbonyl (C=O) groups is 2. The van der Waals surface area contributed by atoms with E-state index < -0.39 is 0 Å². The molecule has 1 heterocycles. The molecule has 0 atom stereocenters. The van der Waals surface area contributed by atoms with Gasteiger partial charge in [-0.25, -0.2) is 9.18 Å². The van der Waals surface area contributed by atoms with Crippen LogP contribution in [0.25, 0.3) is 0 Å². The van der Waals surface area contributed by atoms with Crippen molar-refractivity contribution >= 4 is 11.9 Å². The Morgan fingerprint density at radius 3 is 2.44 bits per heavy atom. The summed E-state index contributed by atoms with van der Waals surface area (Å²) >= 11 is 0. The summed E-state index contributed by atoms with van der Waals surface area (Å²) in [5, 5.41) is 5.70. The number of piperazine rings is 1. The van der Waals surface area contributed by atoms with Crippen LogP contribution in [0, 0.1) is 5.82 Å². The zero-order chi connectivity index (χ0) is 19.5. The van der Waals surface area contributed by atoms with Crippen LogP contribution in [0.15, 0.2) is 24.3 Å². The molecule has 150 valence electrons. The van der Waals surface area contributed by atoms with E-state index in [-0.39, 0.29) is 17.8 Å². The number of hydrogen-bond donors (Lipinski definition) is 2. The molecule has 27 heavy (non-hydrogen) atoms. The predicted molar refractivity (Wildman–Crippen MR) is 101 cm³/mol. The number of nitrogens with one attached hydrogen (secondary N) is 2.